The minimum absolute atomic E-state index is 0.297. The summed E-state index contributed by atoms with van der Waals surface area (Å²) in [4.78, 5) is 2.45. The molecule has 3 unspecified atom stereocenters. The second-order valence-electron chi connectivity index (χ2n) is 5.16. The maximum atomic E-state index is 6.15. The molecule has 2 rings (SSSR count). The normalized spacial score (nSPS) is 28.0. The van der Waals surface area contributed by atoms with Gasteiger partial charge in [0.1, 0.15) is 0 Å². The van der Waals surface area contributed by atoms with Crippen LogP contribution >= 0.6 is 11.6 Å². The summed E-state index contributed by atoms with van der Waals surface area (Å²) < 4.78 is 0. The maximum Gasteiger partial charge on any atom is 0.0409 e. The molecule has 1 aromatic carbocycles. The second-order valence-corrected chi connectivity index (χ2v) is 5.59. The number of likely N-dealkylation sites (tertiary alicyclic amines) is 1. The molecule has 2 nitrogen and oxygen atoms in total. The van der Waals surface area contributed by atoms with Gasteiger partial charge in [-0.25, -0.2) is 0 Å². The standard InChI is InChI=1S/C14H21ClN2/c1-10-6-7-17(9-14(10)16)11(2)12-4-3-5-13(15)8-12/h3-5,8,10-11,14H,6-7,9,16H2,1-2H3. The molecule has 0 bridgehead atoms. The molecular formula is C14H21ClN2. The third-order valence-electron chi connectivity index (χ3n) is 3.93. The van der Waals surface area contributed by atoms with E-state index in [1.807, 2.05) is 12.1 Å². The number of hydrogen-bond acceptors (Lipinski definition) is 2. The molecule has 94 valence electrons. The monoisotopic (exact) mass is 252 g/mol. The lowest BCUT2D eigenvalue weighted by Gasteiger charge is -2.38. The largest absolute Gasteiger partial charge is 0.326 e. The molecule has 1 heterocycles. The fourth-order valence-corrected chi connectivity index (χ4v) is 2.65. The number of piperidine rings is 1. The van der Waals surface area contributed by atoms with E-state index in [1.165, 1.54) is 12.0 Å². The van der Waals surface area contributed by atoms with E-state index in [0.717, 1.165) is 18.1 Å². The minimum atomic E-state index is 0.297. The predicted octanol–water partition coefficient (Wildman–Crippen LogP) is 3.07. The highest BCUT2D eigenvalue weighted by Gasteiger charge is 2.26. The molecule has 0 radical (unpaired) electrons. The van der Waals surface area contributed by atoms with Gasteiger partial charge in [-0.2, -0.15) is 0 Å². The molecule has 0 amide bonds. The highest BCUT2D eigenvalue weighted by atomic mass is 35.5. The highest BCUT2D eigenvalue weighted by Crippen LogP contribution is 2.27. The number of halogens is 1. The molecule has 1 saturated heterocycles. The second kappa shape index (κ2) is 5.38. The van der Waals surface area contributed by atoms with Crippen LogP contribution in [-0.4, -0.2) is 24.0 Å². The van der Waals surface area contributed by atoms with Gasteiger partial charge in [-0.15, -0.1) is 0 Å². The number of hydrogen-bond donors (Lipinski definition) is 1. The molecule has 0 aromatic heterocycles. The van der Waals surface area contributed by atoms with E-state index >= 15 is 0 Å². The van der Waals surface area contributed by atoms with Crippen LogP contribution in [0, 0.1) is 5.92 Å². The number of benzene rings is 1. The van der Waals surface area contributed by atoms with Crippen molar-refractivity contribution in [1.82, 2.24) is 4.90 Å². The third kappa shape index (κ3) is 3.01. The van der Waals surface area contributed by atoms with Gasteiger partial charge in [-0.3, -0.25) is 4.90 Å². The van der Waals surface area contributed by atoms with Crippen molar-refractivity contribution < 1.29 is 0 Å². The lowest BCUT2D eigenvalue weighted by molar-refractivity contribution is 0.128. The van der Waals surface area contributed by atoms with Crippen molar-refractivity contribution in [2.75, 3.05) is 13.1 Å². The van der Waals surface area contributed by atoms with Crippen LogP contribution in [0.2, 0.25) is 5.02 Å². The molecule has 2 N–H and O–H groups in total. The van der Waals surface area contributed by atoms with Crippen LogP contribution in [0.4, 0.5) is 0 Å². The molecule has 1 fully saturated rings. The summed E-state index contributed by atoms with van der Waals surface area (Å²) in [7, 11) is 0. The Bertz CT molecular complexity index is 380. The minimum Gasteiger partial charge on any atom is -0.326 e. The summed E-state index contributed by atoms with van der Waals surface area (Å²) in [6, 6.07) is 8.82. The molecule has 1 aliphatic rings. The van der Waals surface area contributed by atoms with E-state index in [0.29, 0.717) is 18.0 Å². The van der Waals surface area contributed by atoms with E-state index in [-0.39, 0.29) is 0 Å². The number of nitrogens with two attached hydrogens (primary N) is 1. The van der Waals surface area contributed by atoms with Gasteiger partial charge in [0, 0.05) is 23.7 Å². The molecule has 0 spiro atoms. The Balaban J connectivity index is 2.07. The molecule has 0 aliphatic carbocycles. The van der Waals surface area contributed by atoms with Gasteiger partial charge >= 0.3 is 0 Å². The van der Waals surface area contributed by atoms with E-state index in [4.69, 9.17) is 17.3 Å². The van der Waals surface area contributed by atoms with Crippen LogP contribution in [0.15, 0.2) is 24.3 Å². The van der Waals surface area contributed by atoms with Crippen molar-refractivity contribution in [3.05, 3.63) is 34.9 Å². The fraction of sp³-hybridized carbons (Fsp3) is 0.571. The highest BCUT2D eigenvalue weighted by molar-refractivity contribution is 6.30. The van der Waals surface area contributed by atoms with Gasteiger partial charge < -0.3 is 5.73 Å². The van der Waals surface area contributed by atoms with Gasteiger partial charge in [0.2, 0.25) is 0 Å². The topological polar surface area (TPSA) is 29.3 Å². The van der Waals surface area contributed by atoms with Crippen molar-refractivity contribution in [3.8, 4) is 0 Å². The molecule has 3 heteroatoms. The van der Waals surface area contributed by atoms with Crippen LogP contribution in [0.1, 0.15) is 31.9 Å². The van der Waals surface area contributed by atoms with Gasteiger partial charge in [0.05, 0.1) is 0 Å². The Morgan fingerprint density at radius 3 is 2.88 bits per heavy atom. The maximum absolute atomic E-state index is 6.15. The summed E-state index contributed by atoms with van der Waals surface area (Å²) in [5, 5.41) is 0.809. The van der Waals surface area contributed by atoms with Crippen LogP contribution in [0.5, 0.6) is 0 Å². The van der Waals surface area contributed by atoms with Crippen LogP contribution in [0.3, 0.4) is 0 Å². The summed E-state index contributed by atoms with van der Waals surface area (Å²) in [6.45, 7) is 6.58. The van der Waals surface area contributed by atoms with Crippen molar-refractivity contribution in [2.45, 2.75) is 32.4 Å². The lowest BCUT2D eigenvalue weighted by Crippen LogP contribution is -2.48. The van der Waals surface area contributed by atoms with Crippen molar-refractivity contribution in [3.63, 3.8) is 0 Å². The first kappa shape index (κ1) is 12.9. The number of rotatable bonds is 2. The Morgan fingerprint density at radius 2 is 2.24 bits per heavy atom. The SMILES string of the molecule is CC1CCN(C(C)c2cccc(Cl)c2)CC1N. The summed E-state index contributed by atoms with van der Waals surface area (Å²) >= 11 is 6.04. The summed E-state index contributed by atoms with van der Waals surface area (Å²) in [5.41, 5.74) is 7.42. The quantitative estimate of drug-likeness (QED) is 0.877. The zero-order valence-electron chi connectivity index (χ0n) is 10.6. The van der Waals surface area contributed by atoms with E-state index in [1.54, 1.807) is 0 Å². The van der Waals surface area contributed by atoms with Crippen LogP contribution in [-0.2, 0) is 0 Å². The Kier molecular flexibility index (Phi) is 4.08. The van der Waals surface area contributed by atoms with Crippen molar-refractivity contribution in [1.29, 1.82) is 0 Å². The van der Waals surface area contributed by atoms with Gasteiger partial charge in [0.25, 0.3) is 0 Å². The molecule has 3 atom stereocenters. The fourth-order valence-electron chi connectivity index (χ4n) is 2.45. The van der Waals surface area contributed by atoms with E-state index in [9.17, 15) is 0 Å². The van der Waals surface area contributed by atoms with Crippen molar-refractivity contribution in [2.24, 2.45) is 11.7 Å². The molecule has 1 aliphatic heterocycles. The van der Waals surface area contributed by atoms with E-state index in [2.05, 4.69) is 30.9 Å². The smallest absolute Gasteiger partial charge is 0.0409 e. The zero-order valence-corrected chi connectivity index (χ0v) is 11.3. The van der Waals surface area contributed by atoms with Crippen LogP contribution in [0.25, 0.3) is 0 Å². The zero-order chi connectivity index (χ0) is 12.4. The molecule has 1 aromatic rings. The molecular weight excluding hydrogens is 232 g/mol. The van der Waals surface area contributed by atoms with Gasteiger partial charge in [0.15, 0.2) is 0 Å². The average molecular weight is 253 g/mol. The lowest BCUT2D eigenvalue weighted by atomic mass is 9.92. The predicted molar refractivity (Wildman–Crippen MR) is 73.2 cm³/mol. The Labute approximate surface area is 109 Å². The average Bonchev–Trinajstić information content (AvgIpc) is 2.32. The first-order chi connectivity index (χ1) is 8.08. The van der Waals surface area contributed by atoms with Gasteiger partial charge in [-0.05, 0) is 43.5 Å². The summed E-state index contributed by atoms with van der Waals surface area (Å²) in [6.07, 6.45) is 1.19. The third-order valence-corrected chi connectivity index (χ3v) is 4.16. The van der Waals surface area contributed by atoms with Crippen molar-refractivity contribution >= 4 is 11.6 Å². The Hall–Kier alpha value is -0.570. The first-order valence-electron chi connectivity index (χ1n) is 6.33. The summed E-state index contributed by atoms with van der Waals surface area (Å²) in [5.74, 6) is 0.637. The molecule has 0 saturated carbocycles. The number of nitrogens with zero attached hydrogens (tertiary/aromatic N) is 1. The van der Waals surface area contributed by atoms with Gasteiger partial charge in [-0.1, -0.05) is 30.7 Å². The Morgan fingerprint density at radius 1 is 1.47 bits per heavy atom. The first-order valence-corrected chi connectivity index (χ1v) is 6.71. The van der Waals surface area contributed by atoms with Crippen LogP contribution < -0.4 is 5.73 Å². The van der Waals surface area contributed by atoms with E-state index < -0.39 is 0 Å². The molecule has 17 heavy (non-hydrogen) atoms.